The molecular formula is C17H24O3. The maximum absolute atomic E-state index is 12.2. The lowest BCUT2D eigenvalue weighted by Crippen LogP contribution is -2.07. The molecule has 0 bridgehead atoms. The zero-order valence-electron chi connectivity index (χ0n) is 12.4. The van der Waals surface area contributed by atoms with E-state index in [0.717, 1.165) is 19.3 Å². The Morgan fingerprint density at radius 3 is 2.45 bits per heavy atom. The van der Waals surface area contributed by atoms with Crippen LogP contribution in [0.1, 0.15) is 68.3 Å². The molecule has 20 heavy (non-hydrogen) atoms. The molecule has 0 radical (unpaired) electrons. The van der Waals surface area contributed by atoms with Gasteiger partial charge in [0.15, 0.2) is 5.78 Å². The number of rotatable bonds is 9. The summed E-state index contributed by atoms with van der Waals surface area (Å²) in [5.41, 5.74) is 0.967. The molecule has 1 rings (SSSR count). The quantitative estimate of drug-likeness (QED) is 0.546. The van der Waals surface area contributed by atoms with E-state index in [1.807, 2.05) is 0 Å². The number of carbonyl (C=O) groups is 2. The van der Waals surface area contributed by atoms with E-state index in [4.69, 9.17) is 0 Å². The highest BCUT2D eigenvalue weighted by atomic mass is 16.3. The molecule has 0 saturated carbocycles. The van der Waals surface area contributed by atoms with Gasteiger partial charge in [-0.3, -0.25) is 9.59 Å². The Balaban J connectivity index is 2.68. The third-order valence-electron chi connectivity index (χ3n) is 3.35. The fraction of sp³-hybridized carbons (Fsp3) is 0.529. The highest BCUT2D eigenvalue weighted by Crippen LogP contribution is 2.24. The van der Waals surface area contributed by atoms with Crippen molar-refractivity contribution in [2.75, 3.05) is 0 Å². The zero-order chi connectivity index (χ0) is 15.0. The Hall–Kier alpha value is -1.64. The van der Waals surface area contributed by atoms with Gasteiger partial charge < -0.3 is 5.11 Å². The van der Waals surface area contributed by atoms with Gasteiger partial charge in [0.05, 0.1) is 5.56 Å². The Kier molecular flexibility index (Phi) is 6.99. The first kappa shape index (κ1) is 16.4. The standard InChI is InChI=1S/C17H24O3/c1-3-4-5-6-7-10-15(19)17-14(12-13(2)18)9-8-11-16(17)20/h8-9,11,20H,3-7,10,12H2,1-2H3. The summed E-state index contributed by atoms with van der Waals surface area (Å²) in [6, 6.07) is 4.92. The second-order valence-corrected chi connectivity index (χ2v) is 5.28. The zero-order valence-corrected chi connectivity index (χ0v) is 12.4. The average molecular weight is 276 g/mol. The van der Waals surface area contributed by atoms with Crippen LogP contribution in [0.2, 0.25) is 0 Å². The van der Waals surface area contributed by atoms with E-state index in [0.29, 0.717) is 17.5 Å². The first-order valence-electron chi connectivity index (χ1n) is 7.39. The fourth-order valence-electron chi connectivity index (χ4n) is 2.34. The predicted molar refractivity (Wildman–Crippen MR) is 80.2 cm³/mol. The van der Waals surface area contributed by atoms with Crippen LogP contribution in [0, 0.1) is 0 Å². The van der Waals surface area contributed by atoms with Crippen LogP contribution in [0.3, 0.4) is 0 Å². The molecule has 3 nitrogen and oxygen atoms in total. The first-order chi connectivity index (χ1) is 9.56. The largest absolute Gasteiger partial charge is 0.507 e. The Morgan fingerprint density at radius 2 is 1.80 bits per heavy atom. The molecule has 1 N–H and O–H groups in total. The summed E-state index contributed by atoms with van der Waals surface area (Å²) < 4.78 is 0. The van der Waals surface area contributed by atoms with Crippen LogP contribution in [0.5, 0.6) is 5.75 Å². The topological polar surface area (TPSA) is 54.4 Å². The van der Waals surface area contributed by atoms with Crippen molar-refractivity contribution in [3.63, 3.8) is 0 Å². The van der Waals surface area contributed by atoms with Gasteiger partial charge in [0.1, 0.15) is 11.5 Å². The Morgan fingerprint density at radius 1 is 1.10 bits per heavy atom. The Labute approximate surface area is 121 Å². The number of ketones is 2. The van der Waals surface area contributed by atoms with Gasteiger partial charge in [0.25, 0.3) is 0 Å². The van der Waals surface area contributed by atoms with Crippen molar-refractivity contribution >= 4 is 11.6 Å². The van der Waals surface area contributed by atoms with E-state index in [-0.39, 0.29) is 23.7 Å². The van der Waals surface area contributed by atoms with E-state index in [9.17, 15) is 14.7 Å². The molecule has 0 unspecified atom stereocenters. The monoisotopic (exact) mass is 276 g/mol. The maximum Gasteiger partial charge on any atom is 0.166 e. The van der Waals surface area contributed by atoms with Crippen LogP contribution < -0.4 is 0 Å². The van der Waals surface area contributed by atoms with Crippen LogP contribution in [0.15, 0.2) is 18.2 Å². The van der Waals surface area contributed by atoms with Crippen molar-refractivity contribution in [1.82, 2.24) is 0 Å². The molecule has 0 saturated heterocycles. The van der Waals surface area contributed by atoms with Crippen LogP contribution in [0.25, 0.3) is 0 Å². The van der Waals surface area contributed by atoms with Crippen molar-refractivity contribution in [2.24, 2.45) is 0 Å². The van der Waals surface area contributed by atoms with E-state index in [1.165, 1.54) is 25.8 Å². The van der Waals surface area contributed by atoms with Crippen LogP contribution in [-0.4, -0.2) is 16.7 Å². The van der Waals surface area contributed by atoms with Gasteiger partial charge >= 0.3 is 0 Å². The van der Waals surface area contributed by atoms with Gasteiger partial charge in [0.2, 0.25) is 0 Å². The lowest BCUT2D eigenvalue weighted by atomic mass is 9.95. The summed E-state index contributed by atoms with van der Waals surface area (Å²) in [5, 5.41) is 9.88. The smallest absolute Gasteiger partial charge is 0.166 e. The number of carbonyl (C=O) groups excluding carboxylic acids is 2. The van der Waals surface area contributed by atoms with Gasteiger partial charge in [-0.1, -0.05) is 44.7 Å². The molecule has 0 fully saturated rings. The molecule has 0 heterocycles. The molecule has 0 aromatic heterocycles. The molecule has 0 aliphatic rings. The molecule has 1 aromatic rings. The highest BCUT2D eigenvalue weighted by molar-refractivity contribution is 6.01. The van der Waals surface area contributed by atoms with Crippen molar-refractivity contribution in [2.45, 2.75) is 58.8 Å². The molecule has 3 heteroatoms. The Bertz CT molecular complexity index is 463. The van der Waals surface area contributed by atoms with Gasteiger partial charge in [-0.15, -0.1) is 0 Å². The minimum Gasteiger partial charge on any atom is -0.507 e. The summed E-state index contributed by atoms with van der Waals surface area (Å²) in [4.78, 5) is 23.5. The number of hydrogen-bond donors (Lipinski definition) is 1. The number of benzene rings is 1. The fourth-order valence-corrected chi connectivity index (χ4v) is 2.34. The number of hydrogen-bond acceptors (Lipinski definition) is 3. The summed E-state index contributed by atoms with van der Waals surface area (Å²) in [6.45, 7) is 3.64. The average Bonchev–Trinajstić information content (AvgIpc) is 2.37. The maximum atomic E-state index is 12.2. The molecule has 0 aliphatic heterocycles. The summed E-state index contributed by atoms with van der Waals surface area (Å²) in [6.07, 6.45) is 6.03. The number of Topliss-reactive ketones (excluding diaryl/α,β-unsaturated/α-hetero) is 2. The summed E-state index contributed by atoms with van der Waals surface area (Å²) in [5.74, 6) is -0.0780. The second kappa shape index (κ2) is 8.51. The number of aromatic hydroxyl groups is 1. The summed E-state index contributed by atoms with van der Waals surface area (Å²) in [7, 11) is 0. The van der Waals surface area contributed by atoms with Crippen molar-refractivity contribution in [3.05, 3.63) is 29.3 Å². The number of phenols is 1. The SMILES string of the molecule is CCCCCCCC(=O)c1c(O)cccc1CC(C)=O. The highest BCUT2D eigenvalue weighted by Gasteiger charge is 2.16. The third kappa shape index (κ3) is 5.16. The van der Waals surface area contributed by atoms with E-state index >= 15 is 0 Å². The molecule has 0 amide bonds. The lowest BCUT2D eigenvalue weighted by Gasteiger charge is -2.09. The second-order valence-electron chi connectivity index (χ2n) is 5.28. The van der Waals surface area contributed by atoms with Crippen molar-refractivity contribution < 1.29 is 14.7 Å². The van der Waals surface area contributed by atoms with Crippen LogP contribution >= 0.6 is 0 Å². The molecule has 0 aliphatic carbocycles. The molecule has 110 valence electrons. The molecule has 0 spiro atoms. The minimum atomic E-state index is -0.0594. The molecular weight excluding hydrogens is 252 g/mol. The van der Waals surface area contributed by atoms with Gasteiger partial charge in [-0.25, -0.2) is 0 Å². The van der Waals surface area contributed by atoms with Crippen LogP contribution in [0.4, 0.5) is 0 Å². The number of phenolic OH excluding ortho intramolecular Hbond substituents is 1. The normalized spacial score (nSPS) is 10.5. The predicted octanol–water partition coefficient (Wildman–Crippen LogP) is 4.07. The third-order valence-corrected chi connectivity index (χ3v) is 3.35. The van der Waals surface area contributed by atoms with Gasteiger partial charge in [-0.2, -0.15) is 0 Å². The van der Waals surface area contributed by atoms with Crippen molar-refractivity contribution in [1.29, 1.82) is 0 Å². The van der Waals surface area contributed by atoms with E-state index in [2.05, 4.69) is 6.92 Å². The van der Waals surface area contributed by atoms with Crippen LogP contribution in [-0.2, 0) is 11.2 Å². The van der Waals surface area contributed by atoms with E-state index in [1.54, 1.807) is 12.1 Å². The van der Waals surface area contributed by atoms with Gasteiger partial charge in [0, 0.05) is 12.8 Å². The molecule has 0 atom stereocenters. The molecule has 1 aromatic carbocycles. The number of unbranched alkanes of at least 4 members (excludes halogenated alkanes) is 4. The van der Waals surface area contributed by atoms with Gasteiger partial charge in [-0.05, 0) is 25.0 Å². The van der Waals surface area contributed by atoms with Crippen molar-refractivity contribution in [3.8, 4) is 5.75 Å². The summed E-state index contributed by atoms with van der Waals surface area (Å²) >= 11 is 0. The lowest BCUT2D eigenvalue weighted by molar-refractivity contribution is -0.116. The first-order valence-corrected chi connectivity index (χ1v) is 7.39. The minimum absolute atomic E-state index is 0.00686. The van der Waals surface area contributed by atoms with E-state index < -0.39 is 0 Å².